The van der Waals surface area contributed by atoms with Crippen LogP contribution in [0.4, 0.5) is 0 Å². The summed E-state index contributed by atoms with van der Waals surface area (Å²) in [4.78, 5) is 12.7. The summed E-state index contributed by atoms with van der Waals surface area (Å²) in [6, 6.07) is 27.1. The number of nitrogens with zero attached hydrogens (tertiary/aromatic N) is 2. The Kier molecular flexibility index (Phi) is 9.86. The van der Waals surface area contributed by atoms with Gasteiger partial charge in [-0.25, -0.2) is 5.43 Å². The van der Waals surface area contributed by atoms with E-state index < -0.39 is 5.91 Å². The molecule has 0 aliphatic rings. The molecular weight excluding hydrogens is 622 g/mol. The first-order chi connectivity index (χ1) is 21.3. The molecule has 1 N–H and O–H groups in total. The fraction of sp³-hybridized carbons (Fsp3) is 0.200. The number of furan rings is 1. The fourth-order valence-corrected chi connectivity index (χ4v) is 5.02. The number of aromatic nitrogens is 1. The first-order valence-electron chi connectivity index (χ1n) is 14.3. The molecule has 2 heterocycles. The summed E-state index contributed by atoms with van der Waals surface area (Å²) < 4.78 is 26.3. The van der Waals surface area contributed by atoms with E-state index in [1.165, 1.54) is 23.2 Å². The van der Waals surface area contributed by atoms with Crippen LogP contribution in [0.5, 0.6) is 17.2 Å². The number of hydrazone groups is 1. The summed E-state index contributed by atoms with van der Waals surface area (Å²) in [6.45, 7) is 9.17. The van der Waals surface area contributed by atoms with Gasteiger partial charge in [-0.05, 0) is 110 Å². The van der Waals surface area contributed by atoms with Gasteiger partial charge in [0, 0.05) is 27.1 Å². The molecule has 2 aromatic heterocycles. The smallest absolute Gasteiger partial charge is 0.307 e. The van der Waals surface area contributed by atoms with E-state index in [-0.39, 0.29) is 12.4 Å². The second-order valence-electron chi connectivity index (χ2n) is 10.2. The summed E-state index contributed by atoms with van der Waals surface area (Å²) in [5.41, 5.74) is 8.87. The van der Waals surface area contributed by atoms with Gasteiger partial charge in [-0.15, -0.1) is 0 Å². The topological polar surface area (TPSA) is 87.2 Å². The van der Waals surface area contributed by atoms with Gasteiger partial charge >= 0.3 is 5.91 Å². The molecular formula is C35H34BrN3O5. The van der Waals surface area contributed by atoms with Crippen molar-refractivity contribution in [2.45, 2.75) is 40.9 Å². The molecule has 3 aromatic carbocycles. The Morgan fingerprint density at radius 3 is 2.27 bits per heavy atom. The Morgan fingerprint density at radius 2 is 1.57 bits per heavy atom. The van der Waals surface area contributed by atoms with Gasteiger partial charge in [-0.1, -0.05) is 29.8 Å². The van der Waals surface area contributed by atoms with Gasteiger partial charge in [0.05, 0.1) is 12.8 Å². The number of ether oxygens (including phenoxy) is 3. The van der Waals surface area contributed by atoms with Gasteiger partial charge in [-0.3, -0.25) is 4.79 Å². The minimum Gasteiger partial charge on any atom is -0.490 e. The van der Waals surface area contributed by atoms with Crippen molar-refractivity contribution in [3.05, 3.63) is 129 Å². The quantitative estimate of drug-likeness (QED) is 0.108. The molecule has 0 spiro atoms. The molecule has 44 heavy (non-hydrogen) atoms. The summed E-state index contributed by atoms with van der Waals surface area (Å²) >= 11 is 3.57. The summed E-state index contributed by atoms with van der Waals surface area (Å²) in [6.07, 6.45) is 1.53. The second-order valence-corrected chi connectivity index (χ2v) is 11.1. The maximum absolute atomic E-state index is 12.7. The van der Waals surface area contributed by atoms with Crippen LogP contribution >= 0.6 is 15.9 Å². The molecule has 5 rings (SSSR count). The first kappa shape index (κ1) is 30.7. The van der Waals surface area contributed by atoms with Gasteiger partial charge in [0.25, 0.3) is 0 Å². The molecule has 9 heteroatoms. The van der Waals surface area contributed by atoms with Crippen LogP contribution in [0.2, 0.25) is 0 Å². The van der Waals surface area contributed by atoms with E-state index >= 15 is 0 Å². The van der Waals surface area contributed by atoms with Crippen LogP contribution in [0.1, 0.15) is 51.3 Å². The average Bonchev–Trinajstić information content (AvgIpc) is 3.64. The highest BCUT2D eigenvalue weighted by molar-refractivity contribution is 9.10. The number of carbonyl (C=O) groups excluding carboxylic acids is 1. The van der Waals surface area contributed by atoms with Gasteiger partial charge < -0.3 is 23.2 Å². The highest BCUT2D eigenvalue weighted by Gasteiger charge is 2.13. The SMILES string of the molecule is CCOc1cc(/C=N/NC(=O)c2ccc(COc3ccc(-n4c(C)ccc4C)cc3)o2)c(Br)cc1OCc1ccc(C)cc1. The standard InChI is InChI=1S/C35H34BrN3O5/c1-5-41-33-18-27(31(36)19-34(33)43-21-26-10-6-23(2)7-11-26)20-37-38-35(40)32-17-16-30(44-32)22-42-29-14-12-28(13-15-29)39-24(3)8-9-25(39)4/h6-20H,5,21-22H2,1-4H3,(H,38,40)/b37-20+. The third-order valence-electron chi connectivity index (χ3n) is 6.88. The van der Waals surface area contributed by atoms with Gasteiger partial charge in [-0.2, -0.15) is 5.10 Å². The largest absolute Gasteiger partial charge is 0.490 e. The minimum atomic E-state index is -0.478. The number of amides is 1. The van der Waals surface area contributed by atoms with Crippen molar-refractivity contribution in [1.82, 2.24) is 9.99 Å². The van der Waals surface area contributed by atoms with Crippen molar-refractivity contribution in [2.24, 2.45) is 5.10 Å². The van der Waals surface area contributed by atoms with Crippen LogP contribution in [0.15, 0.2) is 98.9 Å². The molecule has 0 saturated carbocycles. The fourth-order valence-electron chi connectivity index (χ4n) is 4.59. The molecule has 8 nitrogen and oxygen atoms in total. The number of rotatable bonds is 12. The Labute approximate surface area is 265 Å². The molecule has 0 unspecified atom stereocenters. The lowest BCUT2D eigenvalue weighted by atomic mass is 10.2. The van der Waals surface area contributed by atoms with Crippen molar-refractivity contribution >= 4 is 28.1 Å². The van der Waals surface area contributed by atoms with Crippen LogP contribution in [0.3, 0.4) is 0 Å². The minimum absolute atomic E-state index is 0.128. The monoisotopic (exact) mass is 655 g/mol. The molecule has 0 atom stereocenters. The summed E-state index contributed by atoms with van der Waals surface area (Å²) in [7, 11) is 0. The first-order valence-corrected chi connectivity index (χ1v) is 15.0. The molecule has 226 valence electrons. The van der Waals surface area contributed by atoms with Crippen molar-refractivity contribution in [1.29, 1.82) is 0 Å². The van der Waals surface area contributed by atoms with Crippen molar-refractivity contribution < 1.29 is 23.4 Å². The van der Waals surface area contributed by atoms with Crippen LogP contribution in [0.25, 0.3) is 5.69 Å². The van der Waals surface area contributed by atoms with E-state index in [0.29, 0.717) is 41.8 Å². The molecule has 0 bridgehead atoms. The highest BCUT2D eigenvalue weighted by atomic mass is 79.9. The van der Waals surface area contributed by atoms with Crippen molar-refractivity contribution in [3.63, 3.8) is 0 Å². The second kappa shape index (κ2) is 14.1. The van der Waals surface area contributed by atoms with Gasteiger partial charge in [0.1, 0.15) is 24.7 Å². The van der Waals surface area contributed by atoms with E-state index in [0.717, 1.165) is 15.7 Å². The molecule has 0 aliphatic carbocycles. The van der Waals surface area contributed by atoms with Gasteiger partial charge in [0.15, 0.2) is 17.3 Å². The van der Waals surface area contributed by atoms with Crippen LogP contribution in [0, 0.1) is 20.8 Å². The number of halogens is 1. The van der Waals surface area contributed by atoms with E-state index in [1.54, 1.807) is 12.1 Å². The molecule has 1 amide bonds. The van der Waals surface area contributed by atoms with Gasteiger partial charge in [0.2, 0.25) is 0 Å². The predicted molar refractivity (Wildman–Crippen MR) is 174 cm³/mol. The Hall–Kier alpha value is -4.76. The van der Waals surface area contributed by atoms with E-state index in [1.807, 2.05) is 62.4 Å². The predicted octanol–water partition coefficient (Wildman–Crippen LogP) is 8.08. The van der Waals surface area contributed by atoms with E-state index in [2.05, 4.69) is 69.1 Å². The molecule has 5 aromatic rings. The zero-order valence-electron chi connectivity index (χ0n) is 25.1. The number of hydrogen-bond donors (Lipinski definition) is 1. The molecule has 0 saturated heterocycles. The van der Waals surface area contributed by atoms with E-state index in [9.17, 15) is 4.79 Å². The number of benzene rings is 3. The number of aryl methyl sites for hydroxylation is 3. The maximum atomic E-state index is 12.7. The number of carbonyl (C=O) groups is 1. The lowest BCUT2D eigenvalue weighted by molar-refractivity contribution is 0.0923. The lowest BCUT2D eigenvalue weighted by Crippen LogP contribution is -2.16. The Morgan fingerprint density at radius 1 is 0.864 bits per heavy atom. The lowest BCUT2D eigenvalue weighted by Gasteiger charge is -2.14. The van der Waals surface area contributed by atoms with Crippen LogP contribution < -0.4 is 19.6 Å². The zero-order valence-corrected chi connectivity index (χ0v) is 26.7. The summed E-state index contributed by atoms with van der Waals surface area (Å²) in [5, 5.41) is 4.11. The van der Waals surface area contributed by atoms with Crippen LogP contribution in [-0.2, 0) is 13.2 Å². The number of hydrogen-bond acceptors (Lipinski definition) is 6. The average molecular weight is 657 g/mol. The normalized spacial score (nSPS) is 11.1. The summed E-state index contributed by atoms with van der Waals surface area (Å²) in [5.74, 6) is 2.05. The third kappa shape index (κ3) is 7.60. The van der Waals surface area contributed by atoms with E-state index in [4.69, 9.17) is 18.6 Å². The maximum Gasteiger partial charge on any atom is 0.307 e. The van der Waals surface area contributed by atoms with Crippen molar-refractivity contribution in [2.75, 3.05) is 6.61 Å². The molecule has 0 radical (unpaired) electrons. The Bertz CT molecular complexity index is 1730. The Balaban J connectivity index is 1.16. The molecule has 0 fully saturated rings. The zero-order chi connectivity index (χ0) is 31.1. The molecule has 0 aliphatic heterocycles. The third-order valence-corrected chi connectivity index (χ3v) is 7.57. The number of nitrogens with one attached hydrogen (secondary N) is 1. The highest BCUT2D eigenvalue weighted by Crippen LogP contribution is 2.34. The van der Waals surface area contributed by atoms with Crippen LogP contribution in [-0.4, -0.2) is 23.3 Å². The van der Waals surface area contributed by atoms with Crippen molar-refractivity contribution in [3.8, 4) is 22.9 Å².